The molecule has 1 saturated heterocycles. The van der Waals surface area contributed by atoms with Crippen LogP contribution in [0.25, 0.3) is 33.3 Å². The topological polar surface area (TPSA) is 116 Å². The van der Waals surface area contributed by atoms with Crippen molar-refractivity contribution in [1.82, 2.24) is 14.9 Å². The quantitative estimate of drug-likeness (QED) is 0.197. The number of piperidine rings is 1. The molecule has 1 aliphatic rings. The van der Waals surface area contributed by atoms with E-state index in [2.05, 4.69) is 9.97 Å². The van der Waals surface area contributed by atoms with Crippen molar-refractivity contribution in [1.29, 1.82) is 0 Å². The first-order valence-corrected chi connectivity index (χ1v) is 14.5. The van der Waals surface area contributed by atoms with E-state index in [1.54, 1.807) is 17.0 Å². The molecule has 1 aliphatic heterocycles. The van der Waals surface area contributed by atoms with Gasteiger partial charge >= 0.3 is 5.97 Å². The third kappa shape index (κ3) is 5.42. The van der Waals surface area contributed by atoms with E-state index >= 15 is 4.39 Å². The molecular weight excluding hydrogens is 561 g/mol. The number of likely N-dealkylation sites (tertiary alicyclic amines) is 1. The zero-order valence-corrected chi connectivity index (χ0v) is 24.4. The zero-order chi connectivity index (χ0) is 31.0. The summed E-state index contributed by atoms with van der Waals surface area (Å²) in [5, 5.41) is 22.7. The number of nitrogens with one attached hydrogen (secondary N) is 1. The highest BCUT2D eigenvalue weighted by Crippen LogP contribution is 2.38. The van der Waals surface area contributed by atoms with Crippen molar-refractivity contribution in [2.24, 2.45) is 0 Å². The number of carbonyl (C=O) groups excluding carboxylic acids is 1. The maximum Gasteiger partial charge on any atom is 0.336 e. The summed E-state index contributed by atoms with van der Waals surface area (Å²) in [6.07, 6.45) is 1.86. The number of fused-ring (bicyclic) bond motifs is 1. The lowest BCUT2D eigenvalue weighted by Gasteiger charge is -2.38. The molecule has 5 aromatic rings. The van der Waals surface area contributed by atoms with Crippen molar-refractivity contribution >= 4 is 22.6 Å². The second-order valence-corrected chi connectivity index (χ2v) is 11.1. The highest BCUT2D eigenvalue weighted by Gasteiger charge is 2.37. The van der Waals surface area contributed by atoms with Gasteiger partial charge in [-0.2, -0.15) is 0 Å². The average molecular weight is 594 g/mol. The van der Waals surface area contributed by atoms with E-state index in [1.807, 2.05) is 62.4 Å². The number of carboxylic acid groups (broad SMARTS) is 1. The minimum absolute atomic E-state index is 0.127. The Morgan fingerprint density at radius 1 is 1.05 bits per heavy atom. The molecule has 1 aromatic heterocycles. The molecule has 9 heteroatoms. The van der Waals surface area contributed by atoms with Crippen molar-refractivity contribution in [3.05, 3.63) is 107 Å². The van der Waals surface area contributed by atoms with Crippen LogP contribution < -0.4 is 4.74 Å². The van der Waals surface area contributed by atoms with E-state index in [-0.39, 0.29) is 54.5 Å². The number of aryl methyl sites for hydroxylation is 1. The third-order valence-corrected chi connectivity index (χ3v) is 8.24. The van der Waals surface area contributed by atoms with Crippen LogP contribution in [0.4, 0.5) is 4.39 Å². The normalized spacial score (nSPS) is 14.5. The molecule has 224 valence electrons. The lowest BCUT2D eigenvalue weighted by molar-refractivity contribution is -0.0211. The van der Waals surface area contributed by atoms with Crippen molar-refractivity contribution in [3.63, 3.8) is 0 Å². The summed E-state index contributed by atoms with van der Waals surface area (Å²) in [4.78, 5) is 34.5. The first-order chi connectivity index (χ1) is 21.2. The number of rotatable bonds is 7. The van der Waals surface area contributed by atoms with Crippen LogP contribution in [0.2, 0.25) is 0 Å². The predicted molar refractivity (Wildman–Crippen MR) is 165 cm³/mol. The number of aromatic nitrogens is 2. The van der Waals surface area contributed by atoms with Crippen LogP contribution in [0.3, 0.4) is 0 Å². The molecule has 0 saturated carbocycles. The number of ether oxygens (including phenoxy) is 1. The molecule has 6 rings (SSSR count). The zero-order valence-electron chi connectivity index (χ0n) is 24.4. The van der Waals surface area contributed by atoms with Crippen LogP contribution in [-0.2, 0) is 5.60 Å². The Labute approximate surface area is 253 Å². The molecular formula is C35H32FN3O5. The van der Waals surface area contributed by atoms with Crippen molar-refractivity contribution in [2.75, 3.05) is 19.7 Å². The standard InChI is InChI=1S/C35H32FN3O5/c1-3-44-25-9-6-8-23(18-25)27-15-21(2)16-29(36)31(27)32-37-20-30(38-32)33(40)39-13-11-35(43,12-14-39)24-17-22-7-4-5-10-26(22)28(19-24)34(41)42/h4-10,15-20,43H,3,11-14H2,1-2H3,(H,37,38)(H,41,42). The Bertz CT molecular complexity index is 1890. The average Bonchev–Trinajstić information content (AvgIpc) is 3.50. The summed E-state index contributed by atoms with van der Waals surface area (Å²) in [6, 6.07) is 21.2. The highest BCUT2D eigenvalue weighted by molar-refractivity contribution is 6.04. The number of H-pyrrole nitrogens is 1. The smallest absolute Gasteiger partial charge is 0.336 e. The minimum Gasteiger partial charge on any atom is -0.494 e. The number of hydrogen-bond donors (Lipinski definition) is 3. The minimum atomic E-state index is -1.29. The number of amides is 1. The van der Waals surface area contributed by atoms with E-state index in [4.69, 9.17) is 4.74 Å². The predicted octanol–water partition coefficient (Wildman–Crippen LogP) is 6.57. The number of imidazole rings is 1. The van der Waals surface area contributed by atoms with Crippen LogP contribution in [-0.4, -0.2) is 56.7 Å². The lowest BCUT2D eigenvalue weighted by atomic mass is 9.82. The Hall–Kier alpha value is -5.02. The van der Waals surface area contributed by atoms with Crippen molar-refractivity contribution in [2.45, 2.75) is 32.3 Å². The Morgan fingerprint density at radius 3 is 2.57 bits per heavy atom. The fourth-order valence-electron chi connectivity index (χ4n) is 5.98. The SMILES string of the molecule is CCOc1cccc(-c2cc(C)cc(F)c2-c2ncc(C(=O)N3CCC(O)(c4cc(C(=O)O)c5ccccc5c4)CC3)[nH]2)c1. The summed E-state index contributed by atoms with van der Waals surface area (Å²) in [5.74, 6) is -0.948. The summed E-state index contributed by atoms with van der Waals surface area (Å²) >= 11 is 0. The molecule has 44 heavy (non-hydrogen) atoms. The largest absolute Gasteiger partial charge is 0.494 e. The summed E-state index contributed by atoms with van der Waals surface area (Å²) < 4.78 is 21.1. The first kappa shape index (κ1) is 29.1. The van der Waals surface area contributed by atoms with Gasteiger partial charge in [0.1, 0.15) is 23.1 Å². The van der Waals surface area contributed by atoms with Gasteiger partial charge in [0.05, 0.1) is 29.5 Å². The van der Waals surface area contributed by atoms with E-state index in [0.29, 0.717) is 28.9 Å². The number of carboxylic acids is 1. The third-order valence-electron chi connectivity index (χ3n) is 8.24. The second kappa shape index (κ2) is 11.6. The van der Waals surface area contributed by atoms with Gasteiger partial charge in [0.25, 0.3) is 5.91 Å². The second-order valence-electron chi connectivity index (χ2n) is 11.1. The number of hydrogen-bond acceptors (Lipinski definition) is 5. The summed E-state index contributed by atoms with van der Waals surface area (Å²) in [5.41, 5.74) is 1.93. The number of benzene rings is 4. The maximum absolute atomic E-state index is 15.5. The lowest BCUT2D eigenvalue weighted by Crippen LogP contribution is -2.45. The molecule has 1 fully saturated rings. The van der Waals surface area contributed by atoms with Gasteiger partial charge < -0.3 is 24.8 Å². The van der Waals surface area contributed by atoms with E-state index in [1.165, 1.54) is 18.3 Å². The number of nitrogens with zero attached hydrogens (tertiary/aromatic N) is 2. The van der Waals surface area contributed by atoms with Gasteiger partial charge in [0.2, 0.25) is 0 Å². The molecule has 2 heterocycles. The van der Waals surface area contributed by atoms with Gasteiger partial charge in [-0.3, -0.25) is 4.79 Å². The molecule has 3 N–H and O–H groups in total. The summed E-state index contributed by atoms with van der Waals surface area (Å²) in [7, 11) is 0. The van der Waals surface area contributed by atoms with Gasteiger partial charge in [-0.1, -0.05) is 42.5 Å². The van der Waals surface area contributed by atoms with Crippen LogP contribution in [0.1, 0.15) is 51.7 Å². The molecule has 4 aromatic carbocycles. The number of carbonyl (C=O) groups is 2. The molecule has 0 unspecified atom stereocenters. The fraction of sp³-hybridized carbons (Fsp3) is 0.229. The van der Waals surface area contributed by atoms with Gasteiger partial charge in [0.15, 0.2) is 0 Å². The molecule has 8 nitrogen and oxygen atoms in total. The van der Waals surface area contributed by atoms with Crippen LogP contribution in [0.15, 0.2) is 79.0 Å². The van der Waals surface area contributed by atoms with Gasteiger partial charge in [-0.25, -0.2) is 14.2 Å². The van der Waals surface area contributed by atoms with Crippen LogP contribution in [0.5, 0.6) is 5.75 Å². The molecule has 0 bridgehead atoms. The molecule has 0 radical (unpaired) electrons. The first-order valence-electron chi connectivity index (χ1n) is 14.5. The molecule has 1 amide bonds. The Balaban J connectivity index is 1.24. The van der Waals surface area contributed by atoms with E-state index in [0.717, 1.165) is 16.5 Å². The Morgan fingerprint density at radius 2 is 1.82 bits per heavy atom. The fourth-order valence-corrected chi connectivity index (χ4v) is 5.98. The molecule has 0 atom stereocenters. The van der Waals surface area contributed by atoms with Gasteiger partial charge in [-0.05, 0) is 90.0 Å². The van der Waals surface area contributed by atoms with Gasteiger partial charge in [-0.15, -0.1) is 0 Å². The van der Waals surface area contributed by atoms with E-state index < -0.39 is 17.4 Å². The van der Waals surface area contributed by atoms with Gasteiger partial charge in [0, 0.05) is 13.1 Å². The van der Waals surface area contributed by atoms with Crippen molar-refractivity contribution in [3.8, 4) is 28.3 Å². The summed E-state index contributed by atoms with van der Waals surface area (Å²) in [6.45, 7) is 4.70. The molecule has 0 aliphatic carbocycles. The van der Waals surface area contributed by atoms with Crippen molar-refractivity contribution < 1.29 is 28.9 Å². The number of aliphatic hydroxyl groups is 1. The monoisotopic (exact) mass is 593 g/mol. The van der Waals surface area contributed by atoms with Crippen LogP contribution >= 0.6 is 0 Å². The molecule has 0 spiro atoms. The number of halogens is 1. The number of aromatic carboxylic acids is 1. The van der Waals surface area contributed by atoms with Crippen LogP contribution in [0, 0.1) is 12.7 Å². The highest BCUT2D eigenvalue weighted by atomic mass is 19.1. The number of aromatic amines is 1. The maximum atomic E-state index is 15.5. The Kier molecular flexibility index (Phi) is 7.65. The van der Waals surface area contributed by atoms with E-state index in [9.17, 15) is 19.8 Å².